The zero-order valence-corrected chi connectivity index (χ0v) is 20.8. The fourth-order valence-corrected chi connectivity index (χ4v) is 4.24. The third kappa shape index (κ3) is 6.01. The molecule has 3 amide bonds. The number of carbonyl (C=O) groups is 3. The van der Waals surface area contributed by atoms with E-state index in [9.17, 15) is 14.4 Å². The number of para-hydroxylation sites is 1. The standard InChI is InChI=1S/C28H32N4O4/c1-3-21-10-12-22(13-11-21)28(35)32-16-14-31(15-17-32)20-26(33)30(2)25-9-5-4-8-24(25)27(34)29-19-23-7-6-18-36-23/h4-13,18H,3,14-17,19-20H2,1-2H3,(H,29,34). The van der Waals surface area contributed by atoms with E-state index in [1.807, 2.05) is 34.1 Å². The normalized spacial score (nSPS) is 13.9. The summed E-state index contributed by atoms with van der Waals surface area (Å²) in [5.74, 6) is 0.285. The van der Waals surface area contributed by atoms with Crippen molar-refractivity contribution < 1.29 is 18.8 Å². The van der Waals surface area contributed by atoms with E-state index in [1.165, 1.54) is 10.5 Å². The number of nitrogens with zero attached hydrogens (tertiary/aromatic N) is 3. The summed E-state index contributed by atoms with van der Waals surface area (Å²) in [6.45, 7) is 4.93. The quantitative estimate of drug-likeness (QED) is 0.526. The molecule has 1 saturated heterocycles. The van der Waals surface area contributed by atoms with Crippen LogP contribution in [0.25, 0.3) is 0 Å². The van der Waals surface area contributed by atoms with Crippen LogP contribution in [0, 0.1) is 0 Å². The Morgan fingerprint density at radius 3 is 2.33 bits per heavy atom. The van der Waals surface area contributed by atoms with Gasteiger partial charge in [-0.15, -0.1) is 0 Å². The van der Waals surface area contributed by atoms with E-state index in [2.05, 4.69) is 12.2 Å². The van der Waals surface area contributed by atoms with Gasteiger partial charge in [-0.3, -0.25) is 19.3 Å². The van der Waals surface area contributed by atoms with Crippen LogP contribution in [0.4, 0.5) is 5.69 Å². The number of nitrogens with one attached hydrogen (secondary N) is 1. The lowest BCUT2D eigenvalue weighted by Gasteiger charge is -2.35. The van der Waals surface area contributed by atoms with Gasteiger partial charge in [0.15, 0.2) is 0 Å². The molecule has 2 heterocycles. The Kier molecular flexibility index (Phi) is 8.17. The molecule has 8 heteroatoms. The highest BCUT2D eigenvalue weighted by atomic mass is 16.3. The van der Waals surface area contributed by atoms with Crippen LogP contribution < -0.4 is 10.2 Å². The molecule has 1 aromatic heterocycles. The Morgan fingerprint density at radius 2 is 1.67 bits per heavy atom. The van der Waals surface area contributed by atoms with E-state index < -0.39 is 0 Å². The van der Waals surface area contributed by atoms with E-state index in [0.717, 1.165) is 6.42 Å². The van der Waals surface area contributed by atoms with Crippen LogP contribution in [0.15, 0.2) is 71.3 Å². The molecule has 0 atom stereocenters. The lowest BCUT2D eigenvalue weighted by molar-refractivity contribution is -0.119. The molecule has 0 unspecified atom stereocenters. The van der Waals surface area contributed by atoms with Gasteiger partial charge in [0, 0.05) is 38.8 Å². The second kappa shape index (κ2) is 11.7. The monoisotopic (exact) mass is 488 g/mol. The first kappa shape index (κ1) is 25.2. The van der Waals surface area contributed by atoms with Crippen LogP contribution >= 0.6 is 0 Å². The lowest BCUT2D eigenvalue weighted by Crippen LogP contribution is -2.51. The minimum Gasteiger partial charge on any atom is -0.467 e. The molecular weight excluding hydrogens is 456 g/mol. The molecule has 1 aliphatic heterocycles. The van der Waals surface area contributed by atoms with Crippen molar-refractivity contribution >= 4 is 23.4 Å². The highest BCUT2D eigenvalue weighted by molar-refractivity contribution is 6.05. The summed E-state index contributed by atoms with van der Waals surface area (Å²) in [4.78, 5) is 44.1. The first-order valence-electron chi connectivity index (χ1n) is 12.2. The largest absolute Gasteiger partial charge is 0.467 e. The molecule has 0 bridgehead atoms. The molecule has 36 heavy (non-hydrogen) atoms. The zero-order chi connectivity index (χ0) is 25.5. The Morgan fingerprint density at radius 1 is 0.944 bits per heavy atom. The number of amides is 3. The first-order chi connectivity index (χ1) is 17.5. The molecule has 0 aliphatic carbocycles. The number of piperazine rings is 1. The minimum atomic E-state index is -0.277. The summed E-state index contributed by atoms with van der Waals surface area (Å²) in [5, 5.41) is 2.83. The molecule has 0 spiro atoms. The molecule has 0 saturated carbocycles. The van der Waals surface area contributed by atoms with Gasteiger partial charge in [0.2, 0.25) is 5.91 Å². The smallest absolute Gasteiger partial charge is 0.253 e. The van der Waals surface area contributed by atoms with Crippen LogP contribution in [-0.4, -0.2) is 67.3 Å². The van der Waals surface area contributed by atoms with Crippen LogP contribution in [0.5, 0.6) is 0 Å². The van der Waals surface area contributed by atoms with Crippen LogP contribution in [0.1, 0.15) is 39.0 Å². The van der Waals surface area contributed by atoms with Gasteiger partial charge < -0.3 is 19.5 Å². The zero-order valence-electron chi connectivity index (χ0n) is 20.8. The average Bonchev–Trinajstić information content (AvgIpc) is 3.45. The number of benzene rings is 2. The van der Waals surface area contributed by atoms with Gasteiger partial charge in [0.1, 0.15) is 5.76 Å². The van der Waals surface area contributed by atoms with Crippen LogP contribution in [0.2, 0.25) is 0 Å². The van der Waals surface area contributed by atoms with Gasteiger partial charge in [-0.25, -0.2) is 0 Å². The summed E-state index contributed by atoms with van der Waals surface area (Å²) >= 11 is 0. The minimum absolute atomic E-state index is 0.0234. The molecule has 0 radical (unpaired) electrons. The Hall–Kier alpha value is -3.91. The maximum absolute atomic E-state index is 13.1. The van der Waals surface area contributed by atoms with E-state index >= 15 is 0 Å². The molecule has 1 N–H and O–H groups in total. The van der Waals surface area contributed by atoms with Crippen molar-refractivity contribution in [2.24, 2.45) is 0 Å². The van der Waals surface area contributed by atoms with Gasteiger partial charge in [0.25, 0.3) is 11.8 Å². The topological polar surface area (TPSA) is 86.1 Å². The number of hydrogen-bond donors (Lipinski definition) is 1. The van der Waals surface area contributed by atoms with Crippen LogP contribution in [0.3, 0.4) is 0 Å². The van der Waals surface area contributed by atoms with Crippen molar-refractivity contribution in [3.05, 3.63) is 89.4 Å². The Balaban J connectivity index is 1.31. The molecule has 188 valence electrons. The summed E-state index contributed by atoms with van der Waals surface area (Å²) in [6, 6.07) is 18.4. The highest BCUT2D eigenvalue weighted by Crippen LogP contribution is 2.20. The lowest BCUT2D eigenvalue weighted by atomic mass is 10.1. The van der Waals surface area contributed by atoms with Crippen LogP contribution in [-0.2, 0) is 17.8 Å². The van der Waals surface area contributed by atoms with Crippen molar-refractivity contribution in [1.29, 1.82) is 0 Å². The number of aryl methyl sites for hydroxylation is 1. The number of anilines is 1. The van der Waals surface area contributed by atoms with Crippen molar-refractivity contribution in [3.63, 3.8) is 0 Å². The van der Waals surface area contributed by atoms with E-state index in [-0.39, 0.29) is 30.8 Å². The number of rotatable bonds is 8. The van der Waals surface area contributed by atoms with E-state index in [4.69, 9.17) is 4.42 Å². The van der Waals surface area contributed by atoms with Gasteiger partial charge in [-0.05, 0) is 48.4 Å². The third-order valence-electron chi connectivity index (χ3n) is 6.51. The summed E-state index contributed by atoms with van der Waals surface area (Å²) in [7, 11) is 1.68. The molecule has 1 fully saturated rings. The van der Waals surface area contributed by atoms with Crippen molar-refractivity contribution in [1.82, 2.24) is 15.1 Å². The SMILES string of the molecule is CCc1ccc(C(=O)N2CCN(CC(=O)N(C)c3ccccc3C(=O)NCc3ccco3)CC2)cc1. The average molecular weight is 489 g/mol. The predicted octanol–water partition coefficient (Wildman–Crippen LogP) is 3.19. The predicted molar refractivity (Wildman–Crippen MR) is 138 cm³/mol. The molecular formula is C28H32N4O4. The van der Waals surface area contributed by atoms with Crippen molar-refractivity contribution in [2.75, 3.05) is 44.7 Å². The summed E-state index contributed by atoms with van der Waals surface area (Å²) in [6.07, 6.45) is 2.50. The van der Waals surface area contributed by atoms with Gasteiger partial charge >= 0.3 is 0 Å². The summed E-state index contributed by atoms with van der Waals surface area (Å²) in [5.41, 5.74) is 2.86. The Bertz CT molecular complexity index is 1180. The molecule has 8 nitrogen and oxygen atoms in total. The van der Waals surface area contributed by atoms with E-state index in [1.54, 1.807) is 49.7 Å². The molecule has 1 aliphatic rings. The molecule has 4 rings (SSSR count). The highest BCUT2D eigenvalue weighted by Gasteiger charge is 2.25. The maximum atomic E-state index is 13.1. The number of furan rings is 1. The number of carbonyl (C=O) groups excluding carboxylic acids is 3. The molecule has 3 aromatic rings. The third-order valence-corrected chi connectivity index (χ3v) is 6.51. The summed E-state index contributed by atoms with van der Waals surface area (Å²) < 4.78 is 5.27. The van der Waals surface area contributed by atoms with Gasteiger partial charge in [-0.2, -0.15) is 0 Å². The van der Waals surface area contributed by atoms with Gasteiger partial charge in [-0.1, -0.05) is 31.2 Å². The Labute approximate surface area is 211 Å². The van der Waals surface area contributed by atoms with Gasteiger partial charge in [0.05, 0.1) is 30.6 Å². The van der Waals surface area contributed by atoms with Crippen molar-refractivity contribution in [2.45, 2.75) is 19.9 Å². The second-order valence-electron chi connectivity index (χ2n) is 8.85. The second-order valence-corrected chi connectivity index (χ2v) is 8.85. The fraction of sp³-hybridized carbons (Fsp3) is 0.321. The fourth-order valence-electron chi connectivity index (χ4n) is 4.24. The van der Waals surface area contributed by atoms with E-state index in [0.29, 0.717) is 48.8 Å². The number of hydrogen-bond acceptors (Lipinski definition) is 5. The number of likely N-dealkylation sites (N-methyl/N-ethyl adjacent to an activating group) is 1. The van der Waals surface area contributed by atoms with Crippen molar-refractivity contribution in [3.8, 4) is 0 Å². The maximum Gasteiger partial charge on any atom is 0.253 e. The molecule has 2 aromatic carbocycles. The first-order valence-corrected chi connectivity index (χ1v) is 12.2.